The lowest BCUT2D eigenvalue weighted by Crippen LogP contribution is -2.25. The molecule has 0 radical (unpaired) electrons. The predicted octanol–water partition coefficient (Wildman–Crippen LogP) is 7.15. The Balaban J connectivity index is 1.45. The molecule has 3 aromatic carbocycles. The summed E-state index contributed by atoms with van der Waals surface area (Å²) in [6.45, 7) is 1.82. The Morgan fingerprint density at radius 1 is 1.03 bits per heavy atom. The minimum absolute atomic E-state index is 0.0700. The molecule has 2 heterocycles. The maximum absolute atomic E-state index is 13.3. The number of ether oxygens (including phenoxy) is 1. The van der Waals surface area contributed by atoms with E-state index < -0.39 is 22.9 Å². The van der Waals surface area contributed by atoms with Crippen molar-refractivity contribution in [3.63, 3.8) is 0 Å². The number of carbonyl (C=O) groups excluding carboxylic acids is 2. The molecule has 0 saturated heterocycles. The number of hydrogen-bond acceptors (Lipinski definition) is 7. The maximum Gasteiger partial charge on any atom is 0.349 e. The van der Waals surface area contributed by atoms with E-state index in [1.807, 2.05) is 25.1 Å². The molecule has 0 aliphatic carbocycles. The maximum atomic E-state index is 13.3. The van der Waals surface area contributed by atoms with E-state index in [1.165, 1.54) is 12.1 Å². The van der Waals surface area contributed by atoms with Gasteiger partial charge in [0.2, 0.25) is 6.10 Å². The van der Waals surface area contributed by atoms with Gasteiger partial charge in [0.05, 0.1) is 21.3 Å². The largest absolute Gasteiger partial charge is 0.443 e. The molecule has 1 amide bonds. The molecule has 9 nitrogen and oxygen atoms in total. The zero-order chi connectivity index (χ0) is 27.7. The van der Waals surface area contributed by atoms with Crippen molar-refractivity contribution >= 4 is 68.0 Å². The highest BCUT2D eigenvalue weighted by atomic mass is 35.5. The van der Waals surface area contributed by atoms with E-state index in [2.05, 4.69) is 10.4 Å². The van der Waals surface area contributed by atoms with Crippen molar-refractivity contribution in [1.29, 1.82) is 0 Å². The molecule has 12 heteroatoms. The van der Waals surface area contributed by atoms with Gasteiger partial charge >= 0.3 is 5.97 Å². The molecule has 2 aromatic heterocycles. The summed E-state index contributed by atoms with van der Waals surface area (Å²) in [6, 6.07) is 21.2. The molecule has 1 unspecified atom stereocenters. The number of nitro benzene ring substituents is 1. The predicted molar refractivity (Wildman–Crippen MR) is 150 cm³/mol. The normalized spacial score (nSPS) is 11.8. The van der Waals surface area contributed by atoms with E-state index in [-0.39, 0.29) is 21.3 Å². The monoisotopic (exact) mass is 580 g/mol. The molecule has 5 rings (SSSR count). The summed E-state index contributed by atoms with van der Waals surface area (Å²) in [4.78, 5) is 38.2. The Bertz CT molecular complexity index is 1740. The number of aromatic nitrogens is 2. The van der Waals surface area contributed by atoms with Crippen LogP contribution in [0.1, 0.15) is 27.0 Å². The number of nitrogens with one attached hydrogen (secondary N) is 1. The van der Waals surface area contributed by atoms with Crippen molar-refractivity contribution in [3.8, 4) is 5.69 Å². The lowest BCUT2D eigenvalue weighted by molar-refractivity contribution is -0.384. The minimum atomic E-state index is -1.33. The molecule has 5 aromatic rings. The second kappa shape index (κ2) is 10.9. The smallest absolute Gasteiger partial charge is 0.349 e. The molecule has 0 saturated carbocycles. The van der Waals surface area contributed by atoms with Gasteiger partial charge in [-0.15, -0.1) is 11.3 Å². The van der Waals surface area contributed by atoms with Crippen molar-refractivity contribution < 1.29 is 19.2 Å². The summed E-state index contributed by atoms with van der Waals surface area (Å²) in [5.41, 5.74) is 1.55. The third kappa shape index (κ3) is 5.35. The summed E-state index contributed by atoms with van der Waals surface area (Å²) < 4.78 is 7.38. The van der Waals surface area contributed by atoms with Crippen LogP contribution in [0.3, 0.4) is 0 Å². The molecular formula is C27H18Cl2N4O5S. The van der Waals surface area contributed by atoms with Gasteiger partial charge in [-0.25, -0.2) is 9.48 Å². The fourth-order valence-corrected chi connectivity index (χ4v) is 5.40. The van der Waals surface area contributed by atoms with Crippen LogP contribution in [0.2, 0.25) is 10.0 Å². The van der Waals surface area contributed by atoms with Crippen molar-refractivity contribution in [1.82, 2.24) is 9.78 Å². The van der Waals surface area contributed by atoms with Gasteiger partial charge in [-0.05, 0) is 37.3 Å². The number of thiophene rings is 1. The van der Waals surface area contributed by atoms with E-state index in [0.29, 0.717) is 26.8 Å². The summed E-state index contributed by atoms with van der Waals surface area (Å²) >= 11 is 13.4. The summed E-state index contributed by atoms with van der Waals surface area (Å²) in [5.74, 6) is -1.40. The number of nitro groups is 1. The van der Waals surface area contributed by atoms with Crippen molar-refractivity contribution in [3.05, 3.63) is 115 Å². The first-order valence-electron chi connectivity index (χ1n) is 11.5. The van der Waals surface area contributed by atoms with Crippen LogP contribution in [0, 0.1) is 17.0 Å². The van der Waals surface area contributed by atoms with Crippen LogP contribution in [0.15, 0.2) is 78.9 Å². The summed E-state index contributed by atoms with van der Waals surface area (Å²) in [5, 5.41) is 19.6. The van der Waals surface area contributed by atoms with Crippen LogP contribution in [0.5, 0.6) is 0 Å². The van der Waals surface area contributed by atoms with Crippen LogP contribution in [-0.4, -0.2) is 26.6 Å². The molecule has 0 aliphatic rings. The van der Waals surface area contributed by atoms with Crippen LogP contribution in [0.25, 0.3) is 15.9 Å². The fourth-order valence-electron chi connectivity index (χ4n) is 3.94. The number of hydrogen-bond donors (Lipinski definition) is 1. The standard InChI is InChI=1S/C27H18Cl2N4O5S/c1-15-18-14-23(39-26(18)32(31-15)21-10-6-5-9-19(21)28)27(35)38-24(16-7-3-2-4-8-16)25(34)30-17-11-12-20(29)22(13-17)33(36)37/h2-14,24H,1H3,(H,30,34). The van der Waals surface area contributed by atoms with Gasteiger partial charge in [-0.1, -0.05) is 65.7 Å². The number of halogens is 2. The molecule has 1 atom stereocenters. The zero-order valence-corrected chi connectivity index (χ0v) is 22.5. The Morgan fingerprint density at radius 2 is 1.74 bits per heavy atom. The molecule has 39 heavy (non-hydrogen) atoms. The topological polar surface area (TPSA) is 116 Å². The number of benzene rings is 3. The molecule has 1 N–H and O–H groups in total. The van der Waals surface area contributed by atoms with Gasteiger partial charge in [-0.2, -0.15) is 5.10 Å². The zero-order valence-electron chi connectivity index (χ0n) is 20.1. The number of rotatable bonds is 7. The van der Waals surface area contributed by atoms with Gasteiger partial charge < -0.3 is 10.1 Å². The van der Waals surface area contributed by atoms with E-state index in [1.54, 1.807) is 47.1 Å². The van der Waals surface area contributed by atoms with E-state index in [9.17, 15) is 19.7 Å². The fraction of sp³-hybridized carbons (Fsp3) is 0.0741. The van der Waals surface area contributed by atoms with Crippen molar-refractivity contribution in [2.45, 2.75) is 13.0 Å². The van der Waals surface area contributed by atoms with Crippen molar-refractivity contribution in [2.24, 2.45) is 0 Å². The Hall–Kier alpha value is -4.25. The number of fused-ring (bicyclic) bond motifs is 1. The Labute approximate surface area is 235 Å². The van der Waals surface area contributed by atoms with Crippen LogP contribution < -0.4 is 5.32 Å². The lowest BCUT2D eigenvalue weighted by atomic mass is 10.1. The number of carbonyl (C=O) groups is 2. The Kier molecular flexibility index (Phi) is 7.34. The first-order chi connectivity index (χ1) is 18.7. The summed E-state index contributed by atoms with van der Waals surface area (Å²) in [6.07, 6.45) is -1.33. The quantitative estimate of drug-likeness (QED) is 0.124. The van der Waals surface area contributed by atoms with Gasteiger partial charge in [0, 0.05) is 22.7 Å². The third-order valence-electron chi connectivity index (χ3n) is 5.80. The highest BCUT2D eigenvalue weighted by Crippen LogP contribution is 2.34. The average Bonchev–Trinajstić information content (AvgIpc) is 3.49. The molecule has 0 fully saturated rings. The number of nitrogens with zero attached hydrogens (tertiary/aromatic N) is 3. The van der Waals surface area contributed by atoms with Crippen molar-refractivity contribution in [2.75, 3.05) is 5.32 Å². The molecule has 196 valence electrons. The Morgan fingerprint density at radius 3 is 2.46 bits per heavy atom. The minimum Gasteiger partial charge on any atom is -0.443 e. The van der Waals surface area contributed by atoms with Crippen LogP contribution in [-0.2, 0) is 9.53 Å². The second-order valence-electron chi connectivity index (χ2n) is 8.39. The van der Waals surface area contributed by atoms with Gasteiger partial charge in [0.15, 0.2) is 0 Å². The van der Waals surface area contributed by atoms with Gasteiger partial charge in [0.25, 0.3) is 11.6 Å². The van der Waals surface area contributed by atoms with Crippen LogP contribution >= 0.6 is 34.5 Å². The third-order valence-corrected chi connectivity index (χ3v) is 7.53. The SMILES string of the molecule is Cc1nn(-c2ccccc2Cl)c2sc(C(=O)OC(C(=O)Nc3ccc(Cl)c([N+](=O)[O-])c3)c3ccccc3)cc12. The lowest BCUT2D eigenvalue weighted by Gasteiger charge is -2.18. The van der Waals surface area contributed by atoms with E-state index >= 15 is 0 Å². The number of amides is 1. The highest BCUT2D eigenvalue weighted by molar-refractivity contribution is 7.20. The van der Waals surface area contributed by atoms with E-state index in [4.69, 9.17) is 27.9 Å². The number of aryl methyl sites for hydroxylation is 1. The number of esters is 1. The highest BCUT2D eigenvalue weighted by Gasteiger charge is 2.28. The second-order valence-corrected chi connectivity index (χ2v) is 10.2. The summed E-state index contributed by atoms with van der Waals surface area (Å²) in [7, 11) is 0. The molecular weight excluding hydrogens is 563 g/mol. The van der Waals surface area contributed by atoms with Crippen LogP contribution in [0.4, 0.5) is 11.4 Å². The number of anilines is 1. The van der Waals surface area contributed by atoms with E-state index in [0.717, 1.165) is 22.8 Å². The molecule has 0 aliphatic heterocycles. The molecule has 0 spiro atoms. The first kappa shape index (κ1) is 26.4. The van der Waals surface area contributed by atoms with Gasteiger partial charge in [-0.3, -0.25) is 14.9 Å². The average molecular weight is 581 g/mol. The number of para-hydroxylation sites is 1. The first-order valence-corrected chi connectivity index (χ1v) is 13.0. The van der Waals surface area contributed by atoms with Gasteiger partial charge in [0.1, 0.15) is 14.7 Å². The molecule has 0 bridgehead atoms.